The van der Waals surface area contributed by atoms with Gasteiger partial charge in [-0.3, -0.25) is 4.79 Å². The fourth-order valence-electron chi connectivity index (χ4n) is 3.21. The number of amides is 1. The number of benzene rings is 2. The van der Waals surface area contributed by atoms with Gasteiger partial charge in [-0.1, -0.05) is 11.6 Å². The molecular formula is C18H16ClNO5. The monoisotopic (exact) mass is 361 g/mol. The number of nitrogens with one attached hydrogen (secondary N) is 1. The predicted octanol–water partition coefficient (Wildman–Crippen LogP) is 3.65. The smallest absolute Gasteiger partial charge is 0.231 e. The molecule has 4 rings (SSSR count). The van der Waals surface area contributed by atoms with E-state index in [2.05, 4.69) is 5.32 Å². The van der Waals surface area contributed by atoms with Gasteiger partial charge in [0.2, 0.25) is 12.7 Å². The Balaban J connectivity index is 1.83. The number of fused-ring (bicyclic) bond motifs is 2. The lowest BCUT2D eigenvalue weighted by molar-refractivity contribution is -0.116. The van der Waals surface area contributed by atoms with E-state index in [0.717, 1.165) is 11.1 Å². The second kappa shape index (κ2) is 6.04. The first-order chi connectivity index (χ1) is 12.1. The summed E-state index contributed by atoms with van der Waals surface area (Å²) in [5.74, 6) is 1.14. The molecule has 0 saturated heterocycles. The third-order valence-corrected chi connectivity index (χ3v) is 4.62. The zero-order valence-corrected chi connectivity index (χ0v) is 14.2. The van der Waals surface area contributed by atoms with Crippen LogP contribution in [-0.4, -0.2) is 24.4 Å². The van der Waals surface area contributed by atoms with Crippen LogP contribution in [0.25, 0.3) is 0 Å². The van der Waals surface area contributed by atoms with Gasteiger partial charge in [-0.15, -0.1) is 0 Å². The van der Waals surface area contributed by atoms with Crippen LogP contribution in [0.1, 0.15) is 30.4 Å². The Kier molecular flexibility index (Phi) is 3.84. The molecule has 0 fully saturated rings. The van der Waals surface area contributed by atoms with Crippen LogP contribution >= 0.6 is 11.6 Å². The van der Waals surface area contributed by atoms with E-state index in [4.69, 9.17) is 25.8 Å². The highest BCUT2D eigenvalue weighted by molar-refractivity contribution is 6.32. The van der Waals surface area contributed by atoms with Crippen LogP contribution in [-0.2, 0) is 4.79 Å². The van der Waals surface area contributed by atoms with Gasteiger partial charge in [0.15, 0.2) is 23.0 Å². The molecule has 6 nitrogen and oxygen atoms in total. The predicted molar refractivity (Wildman–Crippen MR) is 91.9 cm³/mol. The lowest BCUT2D eigenvalue weighted by atomic mass is 9.84. The highest BCUT2D eigenvalue weighted by Gasteiger charge is 2.30. The molecule has 0 bridgehead atoms. The highest BCUT2D eigenvalue weighted by Crippen LogP contribution is 2.46. The average molecular weight is 362 g/mol. The van der Waals surface area contributed by atoms with Crippen molar-refractivity contribution in [3.05, 3.63) is 40.4 Å². The Hall–Kier alpha value is -2.60. The number of phenolic OH excluding ortho intramolecular Hbond substituents is 1. The van der Waals surface area contributed by atoms with Crippen molar-refractivity contribution in [3.63, 3.8) is 0 Å². The molecule has 2 heterocycles. The highest BCUT2D eigenvalue weighted by atomic mass is 35.5. The van der Waals surface area contributed by atoms with Crippen LogP contribution in [0.2, 0.25) is 5.02 Å². The fourth-order valence-corrected chi connectivity index (χ4v) is 3.43. The summed E-state index contributed by atoms with van der Waals surface area (Å²) in [4.78, 5) is 12.2. The van der Waals surface area contributed by atoms with Crippen molar-refractivity contribution in [2.24, 2.45) is 0 Å². The normalized spacial score (nSPS) is 17.8. The van der Waals surface area contributed by atoms with Crippen LogP contribution in [0.4, 0.5) is 5.69 Å². The van der Waals surface area contributed by atoms with E-state index in [-0.39, 0.29) is 35.8 Å². The van der Waals surface area contributed by atoms with Crippen molar-refractivity contribution in [1.29, 1.82) is 0 Å². The summed E-state index contributed by atoms with van der Waals surface area (Å²) in [6.07, 6.45) is 0.263. The van der Waals surface area contributed by atoms with Gasteiger partial charge in [0.25, 0.3) is 0 Å². The van der Waals surface area contributed by atoms with E-state index in [1.807, 2.05) is 13.0 Å². The molecule has 2 N–H and O–H groups in total. The molecule has 0 aromatic heterocycles. The molecule has 1 amide bonds. The van der Waals surface area contributed by atoms with E-state index in [1.54, 1.807) is 18.2 Å². The van der Waals surface area contributed by atoms with Gasteiger partial charge in [0.1, 0.15) is 0 Å². The summed E-state index contributed by atoms with van der Waals surface area (Å²) in [5, 5.41) is 13.1. The van der Waals surface area contributed by atoms with E-state index in [1.165, 1.54) is 0 Å². The summed E-state index contributed by atoms with van der Waals surface area (Å²) in [7, 11) is 0. The Morgan fingerprint density at radius 3 is 2.80 bits per heavy atom. The molecule has 2 aromatic rings. The molecule has 0 aliphatic carbocycles. The van der Waals surface area contributed by atoms with Gasteiger partial charge >= 0.3 is 0 Å². The maximum absolute atomic E-state index is 12.2. The molecule has 0 saturated carbocycles. The van der Waals surface area contributed by atoms with Crippen molar-refractivity contribution in [3.8, 4) is 23.0 Å². The molecule has 1 unspecified atom stereocenters. The first kappa shape index (κ1) is 15.9. The lowest BCUT2D eigenvalue weighted by Gasteiger charge is -2.27. The molecule has 0 spiro atoms. The minimum absolute atomic E-state index is 0.0986. The Morgan fingerprint density at radius 2 is 2.04 bits per heavy atom. The molecule has 130 valence electrons. The van der Waals surface area contributed by atoms with Crippen molar-refractivity contribution < 1.29 is 24.1 Å². The minimum Gasteiger partial charge on any atom is -0.503 e. The maximum Gasteiger partial charge on any atom is 0.231 e. The Bertz CT molecular complexity index is 867. The van der Waals surface area contributed by atoms with Gasteiger partial charge in [-0.2, -0.15) is 0 Å². The second-order valence-electron chi connectivity index (χ2n) is 5.88. The van der Waals surface area contributed by atoms with Crippen molar-refractivity contribution >= 4 is 23.2 Å². The number of hydrogen-bond acceptors (Lipinski definition) is 5. The molecule has 0 radical (unpaired) electrons. The fraction of sp³-hybridized carbons (Fsp3) is 0.278. The van der Waals surface area contributed by atoms with Gasteiger partial charge < -0.3 is 24.6 Å². The van der Waals surface area contributed by atoms with E-state index in [0.29, 0.717) is 29.5 Å². The van der Waals surface area contributed by atoms with Crippen LogP contribution in [0, 0.1) is 0 Å². The van der Waals surface area contributed by atoms with Crippen molar-refractivity contribution in [2.45, 2.75) is 19.3 Å². The third kappa shape index (κ3) is 2.72. The SMILES string of the molecule is CCOc1cc(C2CC(=O)Nc3cc4c(cc32)OCO4)cc(Cl)c1O. The summed E-state index contributed by atoms with van der Waals surface area (Å²) in [5.41, 5.74) is 2.39. The van der Waals surface area contributed by atoms with Crippen molar-refractivity contribution in [2.75, 3.05) is 18.7 Å². The van der Waals surface area contributed by atoms with E-state index in [9.17, 15) is 9.90 Å². The maximum atomic E-state index is 12.2. The number of rotatable bonds is 3. The van der Waals surface area contributed by atoms with Crippen LogP contribution in [0.3, 0.4) is 0 Å². The van der Waals surface area contributed by atoms with Crippen LogP contribution in [0.15, 0.2) is 24.3 Å². The molecule has 2 aliphatic heterocycles. The molecule has 2 aliphatic rings. The quantitative estimate of drug-likeness (QED) is 0.872. The number of anilines is 1. The largest absolute Gasteiger partial charge is 0.503 e. The van der Waals surface area contributed by atoms with Crippen molar-refractivity contribution in [1.82, 2.24) is 0 Å². The van der Waals surface area contributed by atoms with Gasteiger partial charge in [0, 0.05) is 24.1 Å². The van der Waals surface area contributed by atoms with Gasteiger partial charge in [-0.05, 0) is 36.2 Å². The second-order valence-corrected chi connectivity index (χ2v) is 6.29. The number of carbonyl (C=O) groups is 1. The minimum atomic E-state index is -0.226. The average Bonchev–Trinajstić information content (AvgIpc) is 3.03. The first-order valence-electron chi connectivity index (χ1n) is 7.95. The third-order valence-electron chi connectivity index (χ3n) is 4.34. The lowest BCUT2D eigenvalue weighted by Crippen LogP contribution is -2.23. The number of hydrogen-bond donors (Lipinski definition) is 2. The molecule has 7 heteroatoms. The van der Waals surface area contributed by atoms with Gasteiger partial charge in [-0.25, -0.2) is 0 Å². The number of aromatic hydroxyl groups is 1. The number of halogens is 1. The summed E-state index contributed by atoms with van der Waals surface area (Å²) < 4.78 is 16.3. The number of phenols is 1. The molecule has 25 heavy (non-hydrogen) atoms. The standard InChI is InChI=1S/C18H16ClNO5/c1-2-23-16-4-9(3-12(19)18(16)22)10-6-17(21)20-13-7-15-14(5-11(10)13)24-8-25-15/h3-5,7,10,22H,2,6,8H2,1H3,(H,20,21). The molecular weight excluding hydrogens is 346 g/mol. The van der Waals surface area contributed by atoms with E-state index < -0.39 is 0 Å². The zero-order chi connectivity index (χ0) is 17.6. The molecule has 1 atom stereocenters. The topological polar surface area (TPSA) is 77.0 Å². The Morgan fingerprint density at radius 1 is 1.28 bits per heavy atom. The van der Waals surface area contributed by atoms with Gasteiger partial charge in [0.05, 0.1) is 11.6 Å². The first-order valence-corrected chi connectivity index (χ1v) is 8.33. The summed E-state index contributed by atoms with van der Waals surface area (Å²) in [6.45, 7) is 2.38. The zero-order valence-electron chi connectivity index (χ0n) is 13.5. The molecule has 2 aromatic carbocycles. The summed E-state index contributed by atoms with van der Waals surface area (Å²) in [6, 6.07) is 7.04. The van der Waals surface area contributed by atoms with E-state index >= 15 is 0 Å². The van der Waals surface area contributed by atoms with Crippen LogP contribution in [0.5, 0.6) is 23.0 Å². The number of carbonyl (C=O) groups excluding carboxylic acids is 1. The number of ether oxygens (including phenoxy) is 3. The summed E-state index contributed by atoms with van der Waals surface area (Å²) >= 11 is 6.16. The Labute approximate surface area is 149 Å². The van der Waals surface area contributed by atoms with Crippen LogP contribution < -0.4 is 19.5 Å².